The van der Waals surface area contributed by atoms with E-state index in [2.05, 4.69) is 0 Å². The molecule has 1 aliphatic heterocycles. The monoisotopic (exact) mass is 328 g/mol. The molecule has 7 heteroatoms. The number of sulfonamides is 1. The first-order chi connectivity index (χ1) is 9.96. The van der Waals surface area contributed by atoms with E-state index in [4.69, 9.17) is 18.0 Å². The first-order valence-electron chi connectivity index (χ1n) is 6.99. The number of hydrogen-bond donors (Lipinski definition) is 2. The molecule has 2 rings (SSSR count). The van der Waals surface area contributed by atoms with Gasteiger partial charge in [0.15, 0.2) is 0 Å². The van der Waals surface area contributed by atoms with Crippen LogP contribution in [-0.2, 0) is 10.0 Å². The maximum atomic E-state index is 12.7. The Labute approximate surface area is 130 Å². The SMILES string of the molecule is NC(=S)c1ccc(S(=O)(=O)N2CCCCCC2CO)cc1. The molecule has 1 saturated heterocycles. The Morgan fingerprint density at radius 3 is 2.52 bits per heavy atom. The average molecular weight is 328 g/mol. The molecule has 1 unspecified atom stereocenters. The molecule has 0 aliphatic carbocycles. The molecule has 116 valence electrons. The number of hydrogen-bond acceptors (Lipinski definition) is 4. The third-order valence-electron chi connectivity index (χ3n) is 3.78. The second-order valence-corrected chi connectivity index (χ2v) is 7.52. The highest BCUT2D eigenvalue weighted by atomic mass is 32.2. The van der Waals surface area contributed by atoms with Crippen LogP contribution < -0.4 is 5.73 Å². The fourth-order valence-corrected chi connectivity index (χ4v) is 4.40. The van der Waals surface area contributed by atoms with Gasteiger partial charge in [-0.1, -0.05) is 37.2 Å². The Morgan fingerprint density at radius 1 is 1.29 bits per heavy atom. The summed E-state index contributed by atoms with van der Waals surface area (Å²) in [6, 6.07) is 5.92. The minimum absolute atomic E-state index is 0.149. The molecular formula is C14H20N2O3S2. The fraction of sp³-hybridized carbons (Fsp3) is 0.500. The molecule has 1 atom stereocenters. The lowest BCUT2D eigenvalue weighted by Crippen LogP contribution is -2.42. The minimum atomic E-state index is -3.60. The van der Waals surface area contributed by atoms with Crippen LogP contribution in [-0.4, -0.2) is 42.0 Å². The molecule has 0 bridgehead atoms. The summed E-state index contributed by atoms with van der Waals surface area (Å²) in [5.74, 6) is 0. The van der Waals surface area contributed by atoms with Crippen molar-refractivity contribution in [1.29, 1.82) is 0 Å². The summed E-state index contributed by atoms with van der Waals surface area (Å²) in [4.78, 5) is 0.449. The number of aliphatic hydroxyl groups is 1. The summed E-state index contributed by atoms with van der Waals surface area (Å²) < 4.78 is 26.9. The van der Waals surface area contributed by atoms with E-state index in [0.717, 1.165) is 19.3 Å². The third-order valence-corrected chi connectivity index (χ3v) is 5.98. The number of aliphatic hydroxyl groups excluding tert-OH is 1. The average Bonchev–Trinajstić information content (AvgIpc) is 2.72. The molecule has 1 aromatic carbocycles. The van der Waals surface area contributed by atoms with Crippen LogP contribution >= 0.6 is 12.2 Å². The molecule has 0 spiro atoms. The van der Waals surface area contributed by atoms with Gasteiger partial charge in [0.2, 0.25) is 10.0 Å². The molecule has 21 heavy (non-hydrogen) atoms. The zero-order valence-electron chi connectivity index (χ0n) is 11.7. The van der Waals surface area contributed by atoms with Crippen LogP contribution in [0, 0.1) is 0 Å². The van der Waals surface area contributed by atoms with E-state index in [0.29, 0.717) is 18.5 Å². The maximum absolute atomic E-state index is 12.7. The van der Waals surface area contributed by atoms with E-state index < -0.39 is 10.0 Å². The molecule has 1 fully saturated rings. The molecular weight excluding hydrogens is 308 g/mol. The van der Waals surface area contributed by atoms with Crippen LogP contribution in [0.3, 0.4) is 0 Å². The molecule has 1 aliphatic rings. The van der Waals surface area contributed by atoms with Gasteiger partial charge in [-0.3, -0.25) is 0 Å². The Bertz CT molecular complexity index is 599. The standard InChI is InChI=1S/C14H20N2O3S2/c15-14(20)11-5-7-13(8-6-11)21(18,19)16-9-3-1-2-4-12(16)10-17/h5-8,12,17H,1-4,9-10H2,(H2,15,20). The number of nitrogens with two attached hydrogens (primary N) is 1. The summed E-state index contributed by atoms with van der Waals surface area (Å²) in [6.45, 7) is 0.300. The van der Waals surface area contributed by atoms with Crippen molar-refractivity contribution in [2.75, 3.05) is 13.2 Å². The quantitative estimate of drug-likeness (QED) is 0.813. The van der Waals surface area contributed by atoms with E-state index in [1.807, 2.05) is 0 Å². The van der Waals surface area contributed by atoms with Crippen LogP contribution in [0.1, 0.15) is 31.2 Å². The summed E-state index contributed by atoms with van der Waals surface area (Å²) in [7, 11) is -3.60. The van der Waals surface area contributed by atoms with Gasteiger partial charge in [0, 0.05) is 18.2 Å². The number of thiocarbonyl (C=S) groups is 1. The van der Waals surface area contributed by atoms with Crippen molar-refractivity contribution in [3.8, 4) is 0 Å². The molecule has 0 saturated carbocycles. The van der Waals surface area contributed by atoms with Crippen molar-refractivity contribution >= 4 is 27.2 Å². The Morgan fingerprint density at radius 2 is 1.95 bits per heavy atom. The lowest BCUT2D eigenvalue weighted by atomic mass is 10.1. The van der Waals surface area contributed by atoms with Crippen molar-refractivity contribution in [1.82, 2.24) is 4.31 Å². The van der Waals surface area contributed by atoms with Crippen molar-refractivity contribution in [2.24, 2.45) is 5.73 Å². The maximum Gasteiger partial charge on any atom is 0.243 e. The van der Waals surface area contributed by atoms with E-state index in [1.165, 1.54) is 16.4 Å². The summed E-state index contributed by atoms with van der Waals surface area (Å²) in [5.41, 5.74) is 6.16. The van der Waals surface area contributed by atoms with Crippen molar-refractivity contribution < 1.29 is 13.5 Å². The molecule has 0 radical (unpaired) electrons. The van der Waals surface area contributed by atoms with Crippen molar-refractivity contribution in [3.63, 3.8) is 0 Å². The van der Waals surface area contributed by atoms with Gasteiger partial charge in [-0.15, -0.1) is 0 Å². The van der Waals surface area contributed by atoms with E-state index in [1.54, 1.807) is 12.1 Å². The molecule has 1 aromatic rings. The predicted molar refractivity (Wildman–Crippen MR) is 85.6 cm³/mol. The highest BCUT2D eigenvalue weighted by Gasteiger charge is 2.31. The summed E-state index contributed by atoms with van der Waals surface area (Å²) >= 11 is 4.86. The number of rotatable bonds is 4. The van der Waals surface area contributed by atoms with Gasteiger partial charge in [-0.05, 0) is 25.0 Å². The Hall–Kier alpha value is -1.02. The molecule has 5 nitrogen and oxygen atoms in total. The van der Waals surface area contributed by atoms with Crippen molar-refractivity contribution in [2.45, 2.75) is 36.6 Å². The minimum Gasteiger partial charge on any atom is -0.395 e. The van der Waals surface area contributed by atoms with Crippen LogP contribution in [0.4, 0.5) is 0 Å². The largest absolute Gasteiger partial charge is 0.395 e. The molecule has 1 heterocycles. The normalized spacial score (nSPS) is 20.9. The van der Waals surface area contributed by atoms with Gasteiger partial charge < -0.3 is 10.8 Å². The summed E-state index contributed by atoms with van der Waals surface area (Å²) in [6.07, 6.45) is 3.45. The second-order valence-electron chi connectivity index (χ2n) is 5.19. The van der Waals surface area contributed by atoms with Crippen LogP contribution in [0.25, 0.3) is 0 Å². The van der Waals surface area contributed by atoms with Gasteiger partial charge in [0.1, 0.15) is 4.99 Å². The Balaban J connectivity index is 2.32. The van der Waals surface area contributed by atoms with Crippen molar-refractivity contribution in [3.05, 3.63) is 29.8 Å². The molecule has 3 N–H and O–H groups in total. The highest BCUT2D eigenvalue weighted by molar-refractivity contribution is 7.89. The molecule has 0 amide bonds. The Kier molecular flexibility index (Phi) is 5.32. The van der Waals surface area contributed by atoms with E-state index >= 15 is 0 Å². The lowest BCUT2D eigenvalue weighted by molar-refractivity contribution is 0.186. The zero-order chi connectivity index (χ0) is 15.5. The van der Waals surface area contributed by atoms with Gasteiger partial charge in [-0.25, -0.2) is 8.42 Å². The van der Waals surface area contributed by atoms with Crippen LogP contribution in [0.2, 0.25) is 0 Å². The first kappa shape index (κ1) is 16.4. The third kappa shape index (κ3) is 3.60. The molecule has 0 aromatic heterocycles. The summed E-state index contributed by atoms with van der Waals surface area (Å²) in [5, 5.41) is 9.47. The second kappa shape index (κ2) is 6.83. The highest BCUT2D eigenvalue weighted by Crippen LogP contribution is 2.24. The van der Waals surface area contributed by atoms with E-state index in [-0.39, 0.29) is 22.5 Å². The lowest BCUT2D eigenvalue weighted by Gasteiger charge is -2.27. The van der Waals surface area contributed by atoms with Gasteiger partial charge >= 0.3 is 0 Å². The van der Waals surface area contributed by atoms with Gasteiger partial charge in [0.05, 0.1) is 11.5 Å². The van der Waals surface area contributed by atoms with E-state index in [9.17, 15) is 13.5 Å². The van der Waals surface area contributed by atoms with Crippen LogP contribution in [0.5, 0.6) is 0 Å². The smallest absolute Gasteiger partial charge is 0.243 e. The van der Waals surface area contributed by atoms with Gasteiger partial charge in [-0.2, -0.15) is 4.31 Å². The first-order valence-corrected chi connectivity index (χ1v) is 8.84. The number of nitrogens with zero attached hydrogens (tertiary/aromatic N) is 1. The van der Waals surface area contributed by atoms with Crippen LogP contribution in [0.15, 0.2) is 29.2 Å². The fourth-order valence-electron chi connectivity index (χ4n) is 2.58. The predicted octanol–water partition coefficient (Wildman–Crippen LogP) is 1.25. The van der Waals surface area contributed by atoms with Gasteiger partial charge in [0.25, 0.3) is 0 Å². The number of benzene rings is 1. The topological polar surface area (TPSA) is 83.6 Å². The zero-order valence-corrected chi connectivity index (χ0v) is 13.4.